The molecule has 1 aromatic heterocycles. The molecule has 6 heteroatoms. The zero-order valence-corrected chi connectivity index (χ0v) is 13.6. The van der Waals surface area contributed by atoms with Gasteiger partial charge in [-0.1, -0.05) is 12.1 Å². The number of para-hydroxylation sites is 1. The van der Waals surface area contributed by atoms with Gasteiger partial charge in [0.25, 0.3) is 11.8 Å². The van der Waals surface area contributed by atoms with Gasteiger partial charge in [0.15, 0.2) is 0 Å². The normalized spacial score (nSPS) is 29.3. The second kappa shape index (κ2) is 5.05. The highest BCUT2D eigenvalue weighted by atomic mass is 16.2. The molecule has 3 aliphatic rings. The summed E-state index contributed by atoms with van der Waals surface area (Å²) in [5.74, 6) is -0.0557. The molecule has 3 atom stereocenters. The van der Waals surface area contributed by atoms with Crippen LogP contribution in [0, 0.1) is 0 Å². The third-order valence-corrected chi connectivity index (χ3v) is 5.66. The number of nitrogens with zero attached hydrogens (tertiary/aromatic N) is 2. The Balaban J connectivity index is 1.50. The Labute approximate surface area is 145 Å². The first kappa shape index (κ1) is 14.5. The van der Waals surface area contributed by atoms with E-state index in [1.165, 1.54) is 0 Å². The minimum atomic E-state index is -0.572. The average Bonchev–Trinajstić information content (AvgIpc) is 3.17. The van der Waals surface area contributed by atoms with Crippen molar-refractivity contribution >= 4 is 17.5 Å². The molecule has 126 valence electrons. The molecule has 5 rings (SSSR count). The van der Waals surface area contributed by atoms with Gasteiger partial charge in [-0.3, -0.25) is 14.6 Å². The van der Waals surface area contributed by atoms with Crippen LogP contribution in [-0.2, 0) is 0 Å². The largest absolute Gasteiger partial charge is 0.360 e. The average molecular weight is 334 g/mol. The third kappa shape index (κ3) is 2.00. The molecule has 0 saturated carbocycles. The topological polar surface area (TPSA) is 74.3 Å². The van der Waals surface area contributed by atoms with Crippen molar-refractivity contribution in [3.8, 4) is 0 Å². The molecular weight excluding hydrogens is 316 g/mol. The van der Waals surface area contributed by atoms with E-state index in [-0.39, 0.29) is 23.9 Å². The van der Waals surface area contributed by atoms with Crippen molar-refractivity contribution in [2.24, 2.45) is 0 Å². The number of nitrogens with one attached hydrogen (secondary N) is 2. The Morgan fingerprint density at radius 3 is 2.76 bits per heavy atom. The van der Waals surface area contributed by atoms with Crippen LogP contribution in [0.4, 0.5) is 5.69 Å². The van der Waals surface area contributed by atoms with Crippen molar-refractivity contribution in [3.63, 3.8) is 0 Å². The number of fused-ring (bicyclic) bond motifs is 4. The molecule has 1 spiro atoms. The molecule has 2 saturated heterocycles. The fourth-order valence-electron chi connectivity index (χ4n) is 4.63. The highest BCUT2D eigenvalue weighted by Crippen LogP contribution is 2.47. The first-order valence-electron chi connectivity index (χ1n) is 8.60. The summed E-state index contributed by atoms with van der Waals surface area (Å²) in [6, 6.07) is 11.1. The lowest BCUT2D eigenvalue weighted by atomic mass is 9.86. The lowest BCUT2D eigenvalue weighted by Crippen LogP contribution is -2.64. The van der Waals surface area contributed by atoms with Gasteiger partial charge < -0.3 is 15.5 Å². The number of anilines is 1. The number of benzene rings is 1. The minimum Gasteiger partial charge on any atom is -0.360 e. The fraction of sp³-hybridized carbons (Fsp3) is 0.316. The van der Waals surface area contributed by atoms with Crippen LogP contribution in [0.3, 0.4) is 0 Å². The predicted octanol–water partition coefficient (Wildman–Crippen LogP) is 2.01. The van der Waals surface area contributed by atoms with E-state index in [9.17, 15) is 9.59 Å². The van der Waals surface area contributed by atoms with Gasteiger partial charge in [-0.15, -0.1) is 0 Å². The van der Waals surface area contributed by atoms with Crippen LogP contribution in [0.25, 0.3) is 0 Å². The van der Waals surface area contributed by atoms with Gasteiger partial charge in [-0.2, -0.15) is 0 Å². The van der Waals surface area contributed by atoms with E-state index in [0.717, 1.165) is 24.9 Å². The van der Waals surface area contributed by atoms with E-state index < -0.39 is 5.66 Å². The predicted molar refractivity (Wildman–Crippen MR) is 92.1 cm³/mol. The number of aromatic nitrogens is 1. The monoisotopic (exact) mass is 334 g/mol. The first-order valence-corrected chi connectivity index (χ1v) is 8.60. The van der Waals surface area contributed by atoms with Crippen molar-refractivity contribution in [2.45, 2.75) is 37.0 Å². The van der Waals surface area contributed by atoms with Gasteiger partial charge in [-0.05, 0) is 37.1 Å². The Kier molecular flexibility index (Phi) is 2.92. The first-order chi connectivity index (χ1) is 12.2. The van der Waals surface area contributed by atoms with Crippen LogP contribution in [0.15, 0.2) is 48.8 Å². The summed E-state index contributed by atoms with van der Waals surface area (Å²) in [5.41, 5.74) is 1.57. The van der Waals surface area contributed by atoms with E-state index >= 15 is 0 Å². The van der Waals surface area contributed by atoms with Gasteiger partial charge in [-0.25, -0.2) is 0 Å². The van der Waals surface area contributed by atoms with Gasteiger partial charge in [0.05, 0.1) is 11.6 Å². The van der Waals surface area contributed by atoms with E-state index in [2.05, 4.69) is 15.6 Å². The van der Waals surface area contributed by atoms with E-state index in [1.807, 2.05) is 29.2 Å². The molecule has 1 aromatic carbocycles. The number of carbonyl (C=O) groups is 2. The molecule has 6 nitrogen and oxygen atoms in total. The molecule has 2 fully saturated rings. The van der Waals surface area contributed by atoms with Crippen LogP contribution in [0.1, 0.15) is 40.0 Å². The zero-order valence-electron chi connectivity index (χ0n) is 13.6. The summed E-state index contributed by atoms with van der Waals surface area (Å²) in [6.45, 7) is 0. The van der Waals surface area contributed by atoms with Gasteiger partial charge in [0.1, 0.15) is 5.66 Å². The quantitative estimate of drug-likeness (QED) is 0.837. The van der Waals surface area contributed by atoms with Gasteiger partial charge in [0, 0.05) is 36.1 Å². The molecule has 4 heterocycles. The molecule has 0 unspecified atom stereocenters. The SMILES string of the molecule is O=C1N[C@]2(C[C@@H]3CC[C@@H]2N3C(=O)c2ccncc2)Nc2ccccc21. The number of carbonyl (C=O) groups excluding carboxylic acids is 2. The smallest absolute Gasteiger partial charge is 0.255 e. The van der Waals surface area contributed by atoms with Gasteiger partial charge in [0.2, 0.25) is 0 Å². The number of rotatable bonds is 1. The maximum atomic E-state index is 13.0. The third-order valence-electron chi connectivity index (χ3n) is 5.66. The number of hydrogen-bond acceptors (Lipinski definition) is 4. The molecule has 25 heavy (non-hydrogen) atoms. The minimum absolute atomic E-state index is 0.0154. The second-order valence-electron chi connectivity index (χ2n) is 7.00. The molecule has 2 amide bonds. The summed E-state index contributed by atoms with van der Waals surface area (Å²) < 4.78 is 0. The van der Waals surface area contributed by atoms with Crippen molar-refractivity contribution in [3.05, 3.63) is 59.9 Å². The van der Waals surface area contributed by atoms with Crippen molar-refractivity contribution < 1.29 is 9.59 Å². The highest BCUT2D eigenvalue weighted by Gasteiger charge is 2.59. The Hall–Kier alpha value is -2.89. The Morgan fingerprint density at radius 1 is 1.12 bits per heavy atom. The molecule has 2 N–H and O–H groups in total. The van der Waals surface area contributed by atoms with E-state index in [0.29, 0.717) is 11.1 Å². The van der Waals surface area contributed by atoms with Crippen LogP contribution in [0.5, 0.6) is 0 Å². The number of hydrogen-bond donors (Lipinski definition) is 2. The van der Waals surface area contributed by atoms with E-state index in [1.54, 1.807) is 24.5 Å². The molecule has 2 aromatic rings. The molecule has 0 radical (unpaired) electrons. The van der Waals surface area contributed by atoms with Gasteiger partial charge >= 0.3 is 0 Å². The van der Waals surface area contributed by atoms with Crippen LogP contribution in [-0.4, -0.2) is 39.4 Å². The van der Waals surface area contributed by atoms with Crippen LogP contribution in [0.2, 0.25) is 0 Å². The Bertz CT molecular complexity index is 869. The molecule has 0 aliphatic carbocycles. The summed E-state index contributed by atoms with van der Waals surface area (Å²) in [5, 5.41) is 6.69. The summed E-state index contributed by atoms with van der Waals surface area (Å²) in [4.78, 5) is 31.6. The van der Waals surface area contributed by atoms with Crippen LogP contribution >= 0.6 is 0 Å². The van der Waals surface area contributed by atoms with Crippen LogP contribution < -0.4 is 10.6 Å². The summed E-state index contributed by atoms with van der Waals surface area (Å²) in [6.07, 6.45) is 5.86. The molecule has 2 bridgehead atoms. The van der Waals surface area contributed by atoms with Crippen molar-refractivity contribution in [1.82, 2.24) is 15.2 Å². The van der Waals surface area contributed by atoms with Crippen molar-refractivity contribution in [1.29, 1.82) is 0 Å². The van der Waals surface area contributed by atoms with Crippen molar-refractivity contribution in [2.75, 3.05) is 5.32 Å². The Morgan fingerprint density at radius 2 is 1.92 bits per heavy atom. The maximum absolute atomic E-state index is 13.0. The second-order valence-corrected chi connectivity index (χ2v) is 7.00. The summed E-state index contributed by atoms with van der Waals surface area (Å²) >= 11 is 0. The maximum Gasteiger partial charge on any atom is 0.255 e. The fourth-order valence-corrected chi connectivity index (χ4v) is 4.63. The zero-order chi connectivity index (χ0) is 17.0. The summed E-state index contributed by atoms with van der Waals surface area (Å²) in [7, 11) is 0. The highest BCUT2D eigenvalue weighted by molar-refractivity contribution is 6.03. The molecular formula is C19H18N4O2. The number of amides is 2. The number of pyridine rings is 1. The lowest BCUT2D eigenvalue weighted by molar-refractivity contribution is 0.0691. The standard InChI is InChI=1S/C19H18N4O2/c24-17-14-3-1-2-4-15(14)21-19(22-17)11-13-5-6-16(19)23(13)18(25)12-7-9-20-10-8-12/h1-4,7-10,13,16,21H,5-6,11H2,(H,22,24)/t13-,16-,19-/m0/s1. The van der Waals surface area contributed by atoms with E-state index in [4.69, 9.17) is 0 Å². The molecule has 3 aliphatic heterocycles. The lowest BCUT2D eigenvalue weighted by Gasteiger charge is -2.43.